The van der Waals surface area contributed by atoms with E-state index >= 15 is 0 Å². The zero-order valence-electron chi connectivity index (χ0n) is 14.3. The Kier molecular flexibility index (Phi) is 5.29. The zero-order chi connectivity index (χ0) is 17.9. The van der Waals surface area contributed by atoms with Crippen LogP contribution in [-0.4, -0.2) is 27.1 Å². The first-order valence-corrected chi connectivity index (χ1v) is 9.54. The molecule has 0 radical (unpaired) electrons. The molecule has 0 heterocycles. The number of aryl methyl sites for hydroxylation is 1. The van der Waals surface area contributed by atoms with Crippen molar-refractivity contribution in [2.75, 3.05) is 22.4 Å². The molecule has 1 N–H and O–H groups in total. The van der Waals surface area contributed by atoms with Crippen molar-refractivity contribution < 1.29 is 13.2 Å². The quantitative estimate of drug-likeness (QED) is 0.903. The van der Waals surface area contributed by atoms with Gasteiger partial charge in [-0.05, 0) is 62.2 Å². The average molecular weight is 346 g/mol. The molecule has 0 aromatic heterocycles. The average Bonchev–Trinajstić information content (AvgIpc) is 2.52. The molecule has 2 rings (SSSR count). The van der Waals surface area contributed by atoms with E-state index in [0.29, 0.717) is 17.8 Å². The van der Waals surface area contributed by atoms with Crippen molar-refractivity contribution in [2.45, 2.75) is 20.8 Å². The molecule has 5 nitrogen and oxygen atoms in total. The van der Waals surface area contributed by atoms with Crippen molar-refractivity contribution in [3.05, 3.63) is 59.2 Å². The van der Waals surface area contributed by atoms with Gasteiger partial charge < -0.3 is 5.32 Å². The van der Waals surface area contributed by atoms with E-state index in [-0.39, 0.29) is 5.91 Å². The fourth-order valence-electron chi connectivity index (χ4n) is 2.47. The lowest BCUT2D eigenvalue weighted by Crippen LogP contribution is -2.29. The molecular formula is C18H22N2O3S. The van der Waals surface area contributed by atoms with E-state index in [0.717, 1.165) is 23.1 Å². The molecular weight excluding hydrogens is 324 g/mol. The van der Waals surface area contributed by atoms with Gasteiger partial charge in [0, 0.05) is 17.8 Å². The number of rotatable bonds is 5. The van der Waals surface area contributed by atoms with Gasteiger partial charge in [-0.1, -0.05) is 12.1 Å². The van der Waals surface area contributed by atoms with E-state index < -0.39 is 10.0 Å². The number of nitrogens with zero attached hydrogens (tertiary/aromatic N) is 1. The summed E-state index contributed by atoms with van der Waals surface area (Å²) in [6.45, 7) is 6.05. The van der Waals surface area contributed by atoms with Crippen LogP contribution < -0.4 is 9.62 Å². The number of hydrogen-bond donors (Lipinski definition) is 1. The van der Waals surface area contributed by atoms with Gasteiger partial charge in [0.2, 0.25) is 10.0 Å². The minimum Gasteiger partial charge on any atom is -0.322 e. The van der Waals surface area contributed by atoms with Crippen LogP contribution in [0.3, 0.4) is 0 Å². The second-order valence-corrected chi connectivity index (χ2v) is 7.58. The second-order valence-electron chi connectivity index (χ2n) is 5.68. The van der Waals surface area contributed by atoms with Gasteiger partial charge in [0.1, 0.15) is 0 Å². The normalized spacial score (nSPS) is 11.2. The summed E-state index contributed by atoms with van der Waals surface area (Å²) in [5, 5.41) is 2.89. The monoisotopic (exact) mass is 346 g/mol. The lowest BCUT2D eigenvalue weighted by molar-refractivity contribution is 0.102. The van der Waals surface area contributed by atoms with Gasteiger partial charge in [0.05, 0.1) is 11.9 Å². The van der Waals surface area contributed by atoms with Crippen molar-refractivity contribution in [3.8, 4) is 0 Å². The van der Waals surface area contributed by atoms with Crippen LogP contribution in [0.4, 0.5) is 11.4 Å². The SMILES string of the molecule is CCN(c1ccc(C(=O)Nc2cccc(C)c2C)cc1)S(C)(=O)=O. The van der Waals surface area contributed by atoms with E-state index in [9.17, 15) is 13.2 Å². The number of anilines is 2. The number of benzene rings is 2. The maximum atomic E-state index is 12.4. The lowest BCUT2D eigenvalue weighted by atomic mass is 10.1. The Morgan fingerprint density at radius 3 is 2.25 bits per heavy atom. The maximum absolute atomic E-state index is 12.4. The molecule has 2 aromatic carbocycles. The zero-order valence-corrected chi connectivity index (χ0v) is 15.1. The molecule has 0 aliphatic heterocycles. The minimum absolute atomic E-state index is 0.224. The van der Waals surface area contributed by atoms with Crippen LogP contribution in [0.2, 0.25) is 0 Å². The molecule has 128 valence electrons. The first-order valence-electron chi connectivity index (χ1n) is 7.69. The number of carbonyl (C=O) groups is 1. The molecule has 0 spiro atoms. The van der Waals surface area contributed by atoms with Crippen LogP contribution in [0.5, 0.6) is 0 Å². The molecule has 1 amide bonds. The first kappa shape index (κ1) is 18.0. The highest BCUT2D eigenvalue weighted by molar-refractivity contribution is 7.92. The third-order valence-corrected chi connectivity index (χ3v) is 5.23. The number of sulfonamides is 1. The Morgan fingerprint density at radius 1 is 1.08 bits per heavy atom. The van der Waals surface area contributed by atoms with Crippen molar-refractivity contribution in [3.63, 3.8) is 0 Å². The molecule has 0 atom stereocenters. The molecule has 0 saturated heterocycles. The highest BCUT2D eigenvalue weighted by atomic mass is 32.2. The van der Waals surface area contributed by atoms with E-state index in [1.165, 1.54) is 4.31 Å². The number of nitrogens with one attached hydrogen (secondary N) is 1. The van der Waals surface area contributed by atoms with Crippen molar-refractivity contribution in [2.24, 2.45) is 0 Å². The second kappa shape index (κ2) is 7.05. The summed E-state index contributed by atoms with van der Waals surface area (Å²) >= 11 is 0. The van der Waals surface area contributed by atoms with Gasteiger partial charge >= 0.3 is 0 Å². The van der Waals surface area contributed by atoms with Crippen LogP contribution in [0, 0.1) is 13.8 Å². The summed E-state index contributed by atoms with van der Waals surface area (Å²) in [4.78, 5) is 12.4. The summed E-state index contributed by atoms with van der Waals surface area (Å²) in [5.41, 5.74) is 3.93. The Labute approximate surface area is 143 Å². The first-order chi connectivity index (χ1) is 11.2. The standard InChI is InChI=1S/C18H22N2O3S/c1-5-20(24(4,22)23)16-11-9-15(10-12-16)18(21)19-17-8-6-7-13(2)14(17)3/h6-12H,5H2,1-4H3,(H,19,21). The van der Waals surface area contributed by atoms with Gasteiger partial charge in [-0.3, -0.25) is 9.10 Å². The van der Waals surface area contributed by atoms with E-state index in [1.54, 1.807) is 31.2 Å². The highest BCUT2D eigenvalue weighted by Crippen LogP contribution is 2.21. The predicted molar refractivity (Wildman–Crippen MR) is 98.2 cm³/mol. The third-order valence-electron chi connectivity index (χ3n) is 3.96. The fourth-order valence-corrected chi connectivity index (χ4v) is 3.44. The predicted octanol–water partition coefficient (Wildman–Crippen LogP) is 3.34. The molecule has 6 heteroatoms. The smallest absolute Gasteiger partial charge is 0.255 e. The number of carbonyl (C=O) groups excluding carboxylic acids is 1. The molecule has 2 aromatic rings. The molecule has 0 fully saturated rings. The molecule has 0 aliphatic carbocycles. The lowest BCUT2D eigenvalue weighted by Gasteiger charge is -2.20. The number of hydrogen-bond acceptors (Lipinski definition) is 3. The van der Waals surface area contributed by atoms with Crippen molar-refractivity contribution >= 4 is 27.3 Å². The fraction of sp³-hybridized carbons (Fsp3) is 0.278. The van der Waals surface area contributed by atoms with Crippen LogP contribution in [0.15, 0.2) is 42.5 Å². The molecule has 0 saturated carbocycles. The summed E-state index contributed by atoms with van der Waals surface area (Å²) in [6, 6.07) is 12.3. The molecule has 0 bridgehead atoms. The van der Waals surface area contributed by atoms with Gasteiger partial charge in [0.25, 0.3) is 5.91 Å². The minimum atomic E-state index is -3.33. The summed E-state index contributed by atoms with van der Waals surface area (Å²) in [7, 11) is -3.33. The Balaban J connectivity index is 2.21. The van der Waals surface area contributed by atoms with Crippen LogP contribution in [-0.2, 0) is 10.0 Å². The topological polar surface area (TPSA) is 66.5 Å². The Hall–Kier alpha value is -2.34. The van der Waals surface area contributed by atoms with Crippen molar-refractivity contribution in [1.82, 2.24) is 0 Å². The number of amides is 1. The van der Waals surface area contributed by atoms with Gasteiger partial charge in [-0.2, -0.15) is 0 Å². The largest absolute Gasteiger partial charge is 0.322 e. The maximum Gasteiger partial charge on any atom is 0.255 e. The Morgan fingerprint density at radius 2 is 1.71 bits per heavy atom. The van der Waals surface area contributed by atoms with Gasteiger partial charge in [-0.15, -0.1) is 0 Å². The van der Waals surface area contributed by atoms with Crippen molar-refractivity contribution in [1.29, 1.82) is 0 Å². The highest BCUT2D eigenvalue weighted by Gasteiger charge is 2.16. The van der Waals surface area contributed by atoms with Gasteiger partial charge in [-0.25, -0.2) is 8.42 Å². The Bertz CT molecular complexity index is 843. The summed E-state index contributed by atoms with van der Waals surface area (Å²) in [5.74, 6) is -0.224. The van der Waals surface area contributed by atoms with Gasteiger partial charge in [0.15, 0.2) is 0 Å². The van der Waals surface area contributed by atoms with E-state index in [4.69, 9.17) is 0 Å². The van der Waals surface area contributed by atoms with Crippen LogP contribution >= 0.6 is 0 Å². The van der Waals surface area contributed by atoms with Crippen LogP contribution in [0.25, 0.3) is 0 Å². The van der Waals surface area contributed by atoms with E-state index in [2.05, 4.69) is 5.32 Å². The molecule has 0 unspecified atom stereocenters. The van der Waals surface area contributed by atoms with E-state index in [1.807, 2.05) is 32.0 Å². The molecule has 0 aliphatic rings. The molecule has 24 heavy (non-hydrogen) atoms. The summed E-state index contributed by atoms with van der Waals surface area (Å²) < 4.78 is 24.8. The summed E-state index contributed by atoms with van der Waals surface area (Å²) in [6.07, 6.45) is 1.16. The third kappa shape index (κ3) is 3.94. The van der Waals surface area contributed by atoms with Crippen LogP contribution in [0.1, 0.15) is 28.4 Å².